The molecule has 124 valence electrons. The summed E-state index contributed by atoms with van der Waals surface area (Å²) < 4.78 is 7.21. The van der Waals surface area contributed by atoms with Crippen LogP contribution in [0.3, 0.4) is 0 Å². The van der Waals surface area contributed by atoms with Gasteiger partial charge in [0.25, 0.3) is 5.56 Å². The summed E-state index contributed by atoms with van der Waals surface area (Å²) in [5, 5.41) is 4.53. The molecule has 23 heavy (non-hydrogen) atoms. The third-order valence-corrected chi connectivity index (χ3v) is 4.42. The number of hydrogen-bond donors (Lipinski definition) is 1. The number of benzene rings is 1. The SMILES string of the molecule is CCn1c(=O)c(CNCCN2CCOCC2)cc2ccccc21. The second-order valence-electron chi connectivity index (χ2n) is 5.91. The van der Waals surface area contributed by atoms with Crippen LogP contribution in [0.25, 0.3) is 10.9 Å². The second kappa shape index (κ2) is 7.73. The first-order valence-electron chi connectivity index (χ1n) is 8.42. The van der Waals surface area contributed by atoms with Gasteiger partial charge in [0.2, 0.25) is 0 Å². The molecule has 0 unspecified atom stereocenters. The van der Waals surface area contributed by atoms with Crippen LogP contribution in [0.1, 0.15) is 12.5 Å². The lowest BCUT2D eigenvalue weighted by Crippen LogP contribution is -2.40. The Bertz CT molecular complexity index is 705. The molecule has 0 spiro atoms. The first-order valence-corrected chi connectivity index (χ1v) is 8.42. The summed E-state index contributed by atoms with van der Waals surface area (Å²) in [6, 6.07) is 10.1. The molecule has 3 rings (SSSR count). The maximum absolute atomic E-state index is 12.6. The van der Waals surface area contributed by atoms with Crippen molar-refractivity contribution in [3.63, 3.8) is 0 Å². The number of aromatic nitrogens is 1. The van der Waals surface area contributed by atoms with E-state index in [9.17, 15) is 4.79 Å². The molecule has 0 aliphatic carbocycles. The van der Waals surface area contributed by atoms with Gasteiger partial charge in [-0.2, -0.15) is 0 Å². The molecule has 1 N–H and O–H groups in total. The van der Waals surface area contributed by atoms with Gasteiger partial charge in [-0.05, 0) is 24.4 Å². The van der Waals surface area contributed by atoms with Crippen LogP contribution in [0.2, 0.25) is 0 Å². The molecule has 0 bridgehead atoms. The highest BCUT2D eigenvalue weighted by atomic mass is 16.5. The molecule has 0 saturated carbocycles. The van der Waals surface area contributed by atoms with Crippen LogP contribution in [-0.4, -0.2) is 48.9 Å². The molecule has 1 aromatic heterocycles. The Balaban J connectivity index is 1.65. The molecule has 1 saturated heterocycles. The van der Waals surface area contributed by atoms with Crippen LogP contribution in [0.15, 0.2) is 35.1 Å². The number of rotatable bonds is 6. The third kappa shape index (κ3) is 3.80. The molecule has 1 aliphatic heterocycles. The van der Waals surface area contributed by atoms with Gasteiger partial charge in [0.15, 0.2) is 0 Å². The predicted octanol–water partition coefficient (Wildman–Crippen LogP) is 1.44. The monoisotopic (exact) mass is 315 g/mol. The molecular weight excluding hydrogens is 290 g/mol. The van der Waals surface area contributed by atoms with Gasteiger partial charge in [0.1, 0.15) is 0 Å². The number of aryl methyl sites for hydroxylation is 1. The van der Waals surface area contributed by atoms with Crippen LogP contribution in [0.5, 0.6) is 0 Å². The Labute approximate surface area is 136 Å². The van der Waals surface area contributed by atoms with E-state index in [1.54, 1.807) is 0 Å². The minimum atomic E-state index is 0.116. The van der Waals surface area contributed by atoms with E-state index in [1.807, 2.05) is 35.8 Å². The van der Waals surface area contributed by atoms with Crippen LogP contribution in [0, 0.1) is 0 Å². The van der Waals surface area contributed by atoms with Crippen molar-refractivity contribution < 1.29 is 4.74 Å². The molecule has 1 aliphatic rings. The lowest BCUT2D eigenvalue weighted by atomic mass is 10.1. The topological polar surface area (TPSA) is 46.5 Å². The Hall–Kier alpha value is -1.69. The number of nitrogens with zero attached hydrogens (tertiary/aromatic N) is 2. The number of nitrogens with one attached hydrogen (secondary N) is 1. The fourth-order valence-corrected chi connectivity index (χ4v) is 3.11. The highest BCUT2D eigenvalue weighted by Gasteiger charge is 2.10. The average molecular weight is 315 g/mol. The summed E-state index contributed by atoms with van der Waals surface area (Å²) >= 11 is 0. The number of morpholine rings is 1. The number of hydrogen-bond acceptors (Lipinski definition) is 4. The van der Waals surface area contributed by atoms with Gasteiger partial charge in [0, 0.05) is 44.8 Å². The molecule has 2 heterocycles. The smallest absolute Gasteiger partial charge is 0.255 e. The standard InChI is InChI=1S/C18H25N3O2/c1-2-21-17-6-4-3-5-15(17)13-16(18(21)22)14-19-7-8-20-9-11-23-12-10-20/h3-6,13,19H,2,7-12,14H2,1H3. The van der Waals surface area contributed by atoms with Crippen LogP contribution < -0.4 is 10.9 Å². The van der Waals surface area contributed by atoms with Gasteiger partial charge < -0.3 is 14.6 Å². The van der Waals surface area contributed by atoms with Crippen molar-refractivity contribution in [1.29, 1.82) is 0 Å². The van der Waals surface area contributed by atoms with Gasteiger partial charge in [-0.15, -0.1) is 0 Å². The fraction of sp³-hybridized carbons (Fsp3) is 0.500. The first-order chi connectivity index (χ1) is 11.3. The Kier molecular flexibility index (Phi) is 5.43. The van der Waals surface area contributed by atoms with E-state index < -0.39 is 0 Å². The number of para-hydroxylation sites is 1. The summed E-state index contributed by atoms with van der Waals surface area (Å²) in [7, 11) is 0. The Morgan fingerprint density at radius 3 is 2.78 bits per heavy atom. The van der Waals surface area contributed by atoms with Crippen LogP contribution >= 0.6 is 0 Å². The lowest BCUT2D eigenvalue weighted by Gasteiger charge is -2.26. The van der Waals surface area contributed by atoms with E-state index in [-0.39, 0.29) is 5.56 Å². The zero-order valence-electron chi connectivity index (χ0n) is 13.8. The van der Waals surface area contributed by atoms with E-state index in [4.69, 9.17) is 4.74 Å². The van der Waals surface area contributed by atoms with E-state index in [1.165, 1.54) is 0 Å². The van der Waals surface area contributed by atoms with Crippen molar-refractivity contribution in [3.05, 3.63) is 46.2 Å². The average Bonchev–Trinajstić information content (AvgIpc) is 2.60. The molecule has 0 amide bonds. The second-order valence-corrected chi connectivity index (χ2v) is 5.91. The fourth-order valence-electron chi connectivity index (χ4n) is 3.11. The zero-order chi connectivity index (χ0) is 16.1. The molecule has 5 heteroatoms. The molecule has 0 radical (unpaired) electrons. The number of ether oxygens (including phenoxy) is 1. The Morgan fingerprint density at radius 1 is 1.22 bits per heavy atom. The third-order valence-electron chi connectivity index (χ3n) is 4.42. The van der Waals surface area contributed by atoms with Gasteiger partial charge in [0.05, 0.1) is 18.7 Å². The molecular formula is C18H25N3O2. The lowest BCUT2D eigenvalue weighted by molar-refractivity contribution is 0.0384. The molecule has 2 aromatic rings. The van der Waals surface area contributed by atoms with Crippen LogP contribution in [-0.2, 0) is 17.8 Å². The minimum Gasteiger partial charge on any atom is -0.379 e. The van der Waals surface area contributed by atoms with Gasteiger partial charge in [-0.25, -0.2) is 0 Å². The van der Waals surface area contributed by atoms with Crippen molar-refractivity contribution in [2.24, 2.45) is 0 Å². The summed E-state index contributed by atoms with van der Waals surface area (Å²) in [6.07, 6.45) is 0. The number of pyridine rings is 1. The summed E-state index contributed by atoms with van der Waals surface area (Å²) in [5.74, 6) is 0. The van der Waals surface area contributed by atoms with Gasteiger partial charge in [-0.3, -0.25) is 9.69 Å². The highest BCUT2D eigenvalue weighted by molar-refractivity contribution is 5.79. The van der Waals surface area contributed by atoms with Gasteiger partial charge >= 0.3 is 0 Å². The molecule has 0 atom stereocenters. The maximum atomic E-state index is 12.6. The van der Waals surface area contributed by atoms with Gasteiger partial charge in [-0.1, -0.05) is 18.2 Å². The Morgan fingerprint density at radius 2 is 2.00 bits per heavy atom. The molecule has 5 nitrogen and oxygen atoms in total. The molecule has 1 fully saturated rings. The van der Waals surface area contributed by atoms with Crippen molar-refractivity contribution >= 4 is 10.9 Å². The minimum absolute atomic E-state index is 0.116. The quantitative estimate of drug-likeness (QED) is 0.820. The largest absolute Gasteiger partial charge is 0.379 e. The highest BCUT2D eigenvalue weighted by Crippen LogP contribution is 2.13. The normalized spacial score (nSPS) is 16.0. The van der Waals surface area contributed by atoms with Crippen molar-refractivity contribution in [2.45, 2.75) is 20.0 Å². The summed E-state index contributed by atoms with van der Waals surface area (Å²) in [5.41, 5.74) is 1.97. The summed E-state index contributed by atoms with van der Waals surface area (Å²) in [6.45, 7) is 8.87. The van der Waals surface area contributed by atoms with E-state index in [2.05, 4.69) is 16.3 Å². The first kappa shape index (κ1) is 16.2. The molecule has 1 aromatic carbocycles. The van der Waals surface area contributed by atoms with E-state index >= 15 is 0 Å². The van der Waals surface area contributed by atoms with Crippen molar-refractivity contribution in [2.75, 3.05) is 39.4 Å². The maximum Gasteiger partial charge on any atom is 0.255 e. The van der Waals surface area contributed by atoms with Crippen molar-refractivity contribution in [1.82, 2.24) is 14.8 Å². The van der Waals surface area contributed by atoms with Crippen molar-refractivity contribution in [3.8, 4) is 0 Å². The summed E-state index contributed by atoms with van der Waals surface area (Å²) in [4.78, 5) is 15.0. The van der Waals surface area contributed by atoms with Crippen LogP contribution in [0.4, 0.5) is 0 Å². The zero-order valence-corrected chi connectivity index (χ0v) is 13.8. The number of fused-ring (bicyclic) bond motifs is 1. The predicted molar refractivity (Wildman–Crippen MR) is 92.8 cm³/mol. The van der Waals surface area contributed by atoms with E-state index in [0.29, 0.717) is 13.1 Å². The van der Waals surface area contributed by atoms with E-state index in [0.717, 1.165) is 55.9 Å².